The van der Waals surface area contributed by atoms with Crippen LogP contribution in [0.3, 0.4) is 0 Å². The topological polar surface area (TPSA) is 99.9 Å². The highest BCUT2D eigenvalue weighted by atomic mass is 19.4. The van der Waals surface area contributed by atoms with Gasteiger partial charge in [-0.3, -0.25) is 0 Å². The first-order valence-electron chi connectivity index (χ1n) is 8.32. The van der Waals surface area contributed by atoms with Crippen LogP contribution < -0.4 is 16.2 Å². The minimum Gasteiger partial charge on any atom is -0.496 e. The normalized spacial score (nSPS) is 10.9. The first kappa shape index (κ1) is 19.9. The van der Waals surface area contributed by atoms with Gasteiger partial charge in [0.15, 0.2) is 0 Å². The highest BCUT2D eigenvalue weighted by Crippen LogP contribution is 2.38. The van der Waals surface area contributed by atoms with Crippen LogP contribution in [-0.2, 0) is 6.18 Å². The molecule has 0 atom stereocenters. The van der Waals surface area contributed by atoms with Crippen LogP contribution in [0.15, 0.2) is 36.5 Å². The van der Waals surface area contributed by atoms with Crippen LogP contribution in [0.1, 0.15) is 22.4 Å². The number of nitrogen functional groups attached to an aromatic ring is 2. The molecule has 148 valence electrons. The molecular formula is C20H16F3N5O. The average molecular weight is 399 g/mol. The van der Waals surface area contributed by atoms with Crippen molar-refractivity contribution in [2.45, 2.75) is 13.1 Å². The van der Waals surface area contributed by atoms with Gasteiger partial charge < -0.3 is 16.2 Å². The summed E-state index contributed by atoms with van der Waals surface area (Å²) >= 11 is 0. The fourth-order valence-electron chi connectivity index (χ4n) is 2.62. The number of aromatic nitrogens is 3. The maximum atomic E-state index is 13.2. The fraction of sp³-hybridized carbons (Fsp3) is 0.150. The highest BCUT2D eigenvalue weighted by Gasteiger charge is 2.32. The van der Waals surface area contributed by atoms with Crippen LogP contribution in [0.5, 0.6) is 5.75 Å². The third-order valence-electron chi connectivity index (χ3n) is 4.01. The second kappa shape index (κ2) is 7.67. The molecule has 0 spiro atoms. The molecule has 0 aliphatic rings. The molecule has 2 aromatic heterocycles. The Morgan fingerprint density at radius 3 is 2.41 bits per heavy atom. The van der Waals surface area contributed by atoms with Gasteiger partial charge in [-0.25, -0.2) is 15.0 Å². The maximum Gasteiger partial charge on any atom is 0.416 e. The van der Waals surface area contributed by atoms with Crippen LogP contribution in [0.2, 0.25) is 0 Å². The summed E-state index contributed by atoms with van der Waals surface area (Å²) in [4.78, 5) is 12.2. The second-order valence-electron chi connectivity index (χ2n) is 6.03. The quantitative estimate of drug-likeness (QED) is 0.641. The lowest BCUT2D eigenvalue weighted by molar-refractivity contribution is -0.137. The lowest BCUT2D eigenvalue weighted by Gasteiger charge is -2.14. The van der Waals surface area contributed by atoms with Crippen molar-refractivity contribution in [1.29, 1.82) is 0 Å². The Labute approximate surface area is 164 Å². The highest BCUT2D eigenvalue weighted by molar-refractivity contribution is 5.75. The van der Waals surface area contributed by atoms with Crippen molar-refractivity contribution in [3.8, 4) is 28.8 Å². The van der Waals surface area contributed by atoms with Gasteiger partial charge in [-0.1, -0.05) is 11.8 Å². The van der Waals surface area contributed by atoms with Crippen molar-refractivity contribution in [2.75, 3.05) is 18.6 Å². The van der Waals surface area contributed by atoms with Crippen LogP contribution in [0, 0.1) is 18.8 Å². The Bertz CT molecular complexity index is 1120. The number of aryl methyl sites for hydroxylation is 1. The molecule has 1 aromatic carbocycles. The monoisotopic (exact) mass is 399 g/mol. The summed E-state index contributed by atoms with van der Waals surface area (Å²) in [6.45, 7) is 1.65. The molecule has 3 aromatic rings. The van der Waals surface area contributed by atoms with Crippen LogP contribution in [0.4, 0.5) is 24.9 Å². The van der Waals surface area contributed by atoms with Crippen molar-refractivity contribution in [3.63, 3.8) is 0 Å². The molecule has 3 rings (SSSR count). The number of rotatable bonds is 2. The number of nitrogens with zero attached hydrogens (tertiary/aromatic N) is 3. The molecule has 9 heteroatoms. The predicted molar refractivity (Wildman–Crippen MR) is 103 cm³/mol. The number of methoxy groups -OCH3 is 1. The molecule has 6 nitrogen and oxygen atoms in total. The number of anilines is 2. The summed E-state index contributed by atoms with van der Waals surface area (Å²) in [6, 6.07) is 6.38. The Balaban J connectivity index is 2.22. The van der Waals surface area contributed by atoms with E-state index in [1.807, 2.05) is 0 Å². The number of nitrogens with two attached hydrogens (primary N) is 2. The van der Waals surface area contributed by atoms with Crippen LogP contribution in [-0.4, -0.2) is 22.1 Å². The van der Waals surface area contributed by atoms with E-state index in [4.69, 9.17) is 16.2 Å². The van der Waals surface area contributed by atoms with Crippen molar-refractivity contribution in [2.24, 2.45) is 0 Å². The molecule has 0 fully saturated rings. The summed E-state index contributed by atoms with van der Waals surface area (Å²) in [5.41, 5.74) is 12.0. The molecule has 4 N–H and O–H groups in total. The van der Waals surface area contributed by atoms with Gasteiger partial charge in [0.05, 0.1) is 29.6 Å². The van der Waals surface area contributed by atoms with E-state index < -0.39 is 11.7 Å². The largest absolute Gasteiger partial charge is 0.496 e. The summed E-state index contributed by atoms with van der Waals surface area (Å²) in [6.07, 6.45) is -3.05. The van der Waals surface area contributed by atoms with Gasteiger partial charge in [0, 0.05) is 17.3 Å². The van der Waals surface area contributed by atoms with Gasteiger partial charge in [-0.2, -0.15) is 13.2 Å². The Morgan fingerprint density at radius 2 is 1.79 bits per heavy atom. The van der Waals surface area contributed by atoms with Crippen molar-refractivity contribution < 1.29 is 17.9 Å². The van der Waals surface area contributed by atoms with Gasteiger partial charge in [0.2, 0.25) is 5.95 Å². The second-order valence-corrected chi connectivity index (χ2v) is 6.03. The van der Waals surface area contributed by atoms with Gasteiger partial charge in [-0.15, -0.1) is 0 Å². The Morgan fingerprint density at radius 1 is 1.03 bits per heavy atom. The lowest BCUT2D eigenvalue weighted by atomic mass is 10.0. The van der Waals surface area contributed by atoms with Crippen molar-refractivity contribution in [3.05, 3.63) is 58.9 Å². The number of alkyl halides is 3. The van der Waals surface area contributed by atoms with Gasteiger partial charge in [-0.05, 0) is 37.3 Å². The molecule has 0 unspecified atom stereocenters. The first-order valence-corrected chi connectivity index (χ1v) is 8.32. The van der Waals surface area contributed by atoms with E-state index in [9.17, 15) is 13.2 Å². The van der Waals surface area contributed by atoms with Crippen molar-refractivity contribution in [1.82, 2.24) is 15.0 Å². The molecule has 0 saturated carbocycles. The third kappa shape index (κ3) is 4.38. The van der Waals surface area contributed by atoms with Gasteiger partial charge in [0.25, 0.3) is 0 Å². The van der Waals surface area contributed by atoms with Crippen molar-refractivity contribution >= 4 is 11.8 Å². The summed E-state index contributed by atoms with van der Waals surface area (Å²) in [5, 5.41) is 0. The van der Waals surface area contributed by atoms with Gasteiger partial charge >= 0.3 is 6.18 Å². The predicted octanol–water partition coefficient (Wildman–Crippen LogP) is 3.44. The number of ether oxygens (including phenoxy) is 1. The zero-order chi connectivity index (χ0) is 21.2. The zero-order valence-electron chi connectivity index (χ0n) is 15.5. The lowest BCUT2D eigenvalue weighted by Crippen LogP contribution is -2.07. The molecule has 0 bridgehead atoms. The number of hydrogen-bond acceptors (Lipinski definition) is 6. The molecule has 2 heterocycles. The van der Waals surface area contributed by atoms with Crippen LogP contribution in [0.25, 0.3) is 11.3 Å². The molecular weight excluding hydrogens is 383 g/mol. The number of benzene rings is 1. The van der Waals surface area contributed by atoms with E-state index in [0.29, 0.717) is 22.6 Å². The molecule has 0 radical (unpaired) electrons. The zero-order valence-corrected chi connectivity index (χ0v) is 15.5. The number of hydrogen-bond donors (Lipinski definition) is 2. The molecule has 0 aliphatic heterocycles. The smallest absolute Gasteiger partial charge is 0.416 e. The van der Waals surface area contributed by atoms with E-state index in [2.05, 4.69) is 26.8 Å². The molecule has 0 aliphatic carbocycles. The number of pyridine rings is 1. The summed E-state index contributed by atoms with van der Waals surface area (Å²) < 4.78 is 44.9. The minimum absolute atomic E-state index is 0.0864. The van der Waals surface area contributed by atoms with E-state index in [-0.39, 0.29) is 23.0 Å². The van der Waals surface area contributed by atoms with Gasteiger partial charge in [0.1, 0.15) is 11.6 Å². The fourth-order valence-corrected chi connectivity index (χ4v) is 2.62. The van der Waals surface area contributed by atoms with E-state index >= 15 is 0 Å². The maximum absolute atomic E-state index is 13.2. The van der Waals surface area contributed by atoms with E-state index in [1.54, 1.807) is 19.1 Å². The van der Waals surface area contributed by atoms with E-state index in [1.165, 1.54) is 19.4 Å². The average Bonchev–Trinajstić information content (AvgIpc) is 2.67. The Kier molecular flexibility index (Phi) is 5.28. The first-order chi connectivity index (χ1) is 13.7. The molecule has 29 heavy (non-hydrogen) atoms. The molecule has 0 saturated heterocycles. The minimum atomic E-state index is -4.53. The number of halogens is 3. The summed E-state index contributed by atoms with van der Waals surface area (Å²) in [5.74, 6) is 6.25. The Hall–Kier alpha value is -3.80. The third-order valence-corrected chi connectivity index (χ3v) is 4.01. The standard InChI is InChI=1S/C20H16F3N5O/c1-11-14(6-3-12-4-8-17(24)26-10-12)18(28-19(25)27-11)15-9-13(20(21,22)23)5-7-16(15)29-2/h4-5,7-10H,1-2H3,(H2,24,26)(H2,25,27,28). The van der Waals surface area contributed by atoms with Crippen LogP contribution >= 0.6 is 0 Å². The molecule has 0 amide bonds. The SMILES string of the molecule is COc1ccc(C(F)(F)F)cc1-c1nc(N)nc(C)c1C#Cc1ccc(N)nc1. The summed E-state index contributed by atoms with van der Waals surface area (Å²) in [7, 11) is 1.36. The van der Waals surface area contributed by atoms with E-state index in [0.717, 1.165) is 12.1 Å².